The fourth-order valence-electron chi connectivity index (χ4n) is 3.00. The Bertz CT molecular complexity index is 529. The molecule has 0 radical (unpaired) electrons. The van der Waals surface area contributed by atoms with Crippen molar-refractivity contribution in [3.8, 4) is 0 Å². The van der Waals surface area contributed by atoms with E-state index in [0.29, 0.717) is 5.71 Å². The van der Waals surface area contributed by atoms with E-state index in [-0.39, 0.29) is 11.5 Å². The summed E-state index contributed by atoms with van der Waals surface area (Å²) >= 11 is 0. The van der Waals surface area contributed by atoms with Crippen molar-refractivity contribution < 1.29 is 8.22 Å². The topological polar surface area (TPSA) is 28.0 Å². The first-order valence-corrected chi connectivity index (χ1v) is 14.8. The summed E-state index contributed by atoms with van der Waals surface area (Å²) in [5.41, 5.74) is 0.212. The molecule has 0 bridgehead atoms. The van der Waals surface area contributed by atoms with Crippen molar-refractivity contribution in [1.82, 2.24) is 4.23 Å². The van der Waals surface area contributed by atoms with Crippen LogP contribution < -0.4 is 0 Å². The Hall–Kier alpha value is -0.406. The molecule has 0 aliphatic carbocycles. The van der Waals surface area contributed by atoms with E-state index in [2.05, 4.69) is 10.2 Å². The first-order valence-electron chi connectivity index (χ1n) is 9.40. The van der Waals surface area contributed by atoms with Gasteiger partial charge >= 0.3 is 8.90 Å². The van der Waals surface area contributed by atoms with Crippen LogP contribution in [0.25, 0.3) is 0 Å². The minimum atomic E-state index is -4.70. The van der Waals surface area contributed by atoms with Crippen LogP contribution in [0.5, 0.6) is 0 Å². The van der Waals surface area contributed by atoms with Crippen LogP contribution in [0.15, 0.2) is 10.2 Å². The van der Waals surface area contributed by atoms with E-state index in [9.17, 15) is 0 Å². The number of halogens is 2. The molecule has 0 saturated carbocycles. The van der Waals surface area contributed by atoms with E-state index in [1.54, 1.807) is 4.23 Å². The smallest absolute Gasteiger partial charge is 0.291 e. The SMILES string of the molecule is C/C(=N/N=C(\C[Si](F)(F)N(C(C)(C)C)[Si](C)(C)C)C(C)(C)C)C(C)(C)C. The maximum Gasteiger partial charge on any atom is 0.506 e. The van der Waals surface area contributed by atoms with E-state index in [0.717, 1.165) is 5.71 Å². The number of hydrogen-bond donors (Lipinski definition) is 0. The summed E-state index contributed by atoms with van der Waals surface area (Å²) in [5, 5.41) is 8.66. The van der Waals surface area contributed by atoms with Gasteiger partial charge in [0.05, 0.1) is 6.04 Å². The average Bonchev–Trinajstić information content (AvgIpc) is 2.26. The van der Waals surface area contributed by atoms with Crippen LogP contribution in [0.1, 0.15) is 69.2 Å². The van der Waals surface area contributed by atoms with Gasteiger partial charge in [-0.1, -0.05) is 61.2 Å². The van der Waals surface area contributed by atoms with E-state index in [4.69, 9.17) is 0 Å². The van der Waals surface area contributed by atoms with Crippen LogP contribution in [0, 0.1) is 10.8 Å². The standard InChI is InChI=1S/C19H41F2N3Si2/c1-15(17(2,3)4)22-23-16(18(5,6)7)14-26(20,21)24(19(8,9)10)25(11,12)13/h14H2,1-13H3/b22-15-,23-16+. The second-order valence-corrected chi connectivity index (χ2v) is 18.6. The number of nitrogens with zero attached hydrogens (tertiary/aromatic N) is 3. The minimum Gasteiger partial charge on any atom is -0.291 e. The van der Waals surface area contributed by atoms with Gasteiger partial charge in [0.2, 0.25) is 0 Å². The summed E-state index contributed by atoms with van der Waals surface area (Å²) < 4.78 is 32.7. The molecule has 0 aliphatic heterocycles. The molecule has 0 fully saturated rings. The summed E-state index contributed by atoms with van der Waals surface area (Å²) in [6.07, 6.45) is 0. The number of hydrogen-bond acceptors (Lipinski definition) is 3. The molecule has 154 valence electrons. The summed E-state index contributed by atoms with van der Waals surface area (Å²) in [6, 6.07) is -0.265. The van der Waals surface area contributed by atoms with E-state index < -0.39 is 28.1 Å². The van der Waals surface area contributed by atoms with Gasteiger partial charge in [0, 0.05) is 27.8 Å². The highest BCUT2D eigenvalue weighted by molar-refractivity contribution is 6.86. The quantitative estimate of drug-likeness (QED) is 0.216. The van der Waals surface area contributed by atoms with Crippen LogP contribution >= 0.6 is 0 Å². The Morgan fingerprint density at radius 2 is 1.23 bits per heavy atom. The van der Waals surface area contributed by atoms with E-state index in [1.165, 1.54) is 0 Å². The van der Waals surface area contributed by atoms with Crippen LogP contribution in [0.2, 0.25) is 25.7 Å². The summed E-state index contributed by atoms with van der Waals surface area (Å²) in [5.74, 6) is 0. The molecule has 0 rings (SSSR count). The monoisotopic (exact) mass is 405 g/mol. The third kappa shape index (κ3) is 7.68. The third-order valence-electron chi connectivity index (χ3n) is 4.32. The van der Waals surface area contributed by atoms with Crippen molar-refractivity contribution in [3.05, 3.63) is 0 Å². The molecule has 0 spiro atoms. The molecule has 7 heteroatoms. The van der Waals surface area contributed by atoms with Crippen molar-refractivity contribution >= 4 is 28.6 Å². The fourth-order valence-corrected chi connectivity index (χ4v) is 11.3. The predicted molar refractivity (Wildman–Crippen MR) is 117 cm³/mol. The fraction of sp³-hybridized carbons (Fsp3) is 0.895. The van der Waals surface area contributed by atoms with Gasteiger partial charge in [0.25, 0.3) is 0 Å². The molecule has 26 heavy (non-hydrogen) atoms. The Balaban J connectivity index is 6.07. The lowest BCUT2D eigenvalue weighted by atomic mass is 9.91. The minimum absolute atomic E-state index is 0.123. The van der Waals surface area contributed by atoms with Crippen molar-refractivity contribution in [3.63, 3.8) is 0 Å². The molecule has 0 aromatic heterocycles. The van der Waals surface area contributed by atoms with Crippen LogP contribution in [-0.4, -0.2) is 38.3 Å². The van der Waals surface area contributed by atoms with Gasteiger partial charge in [-0.3, -0.25) is 12.4 Å². The summed E-state index contributed by atoms with van der Waals surface area (Å²) in [7, 11) is -6.90. The molecule has 0 heterocycles. The molecule has 0 aromatic rings. The van der Waals surface area contributed by atoms with Crippen molar-refractivity contribution in [1.29, 1.82) is 0 Å². The molecular formula is C19H41F2N3Si2. The molecule has 0 aliphatic rings. The van der Waals surface area contributed by atoms with Gasteiger partial charge in [0.15, 0.2) is 0 Å². The van der Waals surface area contributed by atoms with Crippen LogP contribution in [0.3, 0.4) is 0 Å². The second kappa shape index (κ2) is 7.91. The van der Waals surface area contributed by atoms with Gasteiger partial charge in [-0.15, -0.1) is 0 Å². The normalized spacial score (nSPS) is 16.5. The maximum absolute atomic E-state index is 15.6. The lowest BCUT2D eigenvalue weighted by Crippen LogP contribution is -2.67. The molecule has 0 saturated heterocycles. The van der Waals surface area contributed by atoms with Crippen molar-refractivity contribution in [2.75, 3.05) is 0 Å². The van der Waals surface area contributed by atoms with Crippen molar-refractivity contribution in [2.45, 2.75) is 100 Å². The highest BCUT2D eigenvalue weighted by Crippen LogP contribution is 2.36. The van der Waals surface area contributed by atoms with E-state index in [1.807, 2.05) is 88.9 Å². The van der Waals surface area contributed by atoms with Gasteiger partial charge in [0.1, 0.15) is 8.24 Å². The first kappa shape index (κ1) is 25.6. The first-order chi connectivity index (χ1) is 11.1. The number of rotatable bonds is 5. The zero-order valence-electron chi connectivity index (χ0n) is 19.3. The molecule has 3 nitrogen and oxygen atoms in total. The molecule has 0 amide bonds. The van der Waals surface area contributed by atoms with E-state index >= 15 is 8.22 Å². The van der Waals surface area contributed by atoms with Crippen LogP contribution in [0.4, 0.5) is 8.22 Å². The highest BCUT2D eigenvalue weighted by atomic mass is 28.5. The largest absolute Gasteiger partial charge is 0.506 e. The summed E-state index contributed by atoms with van der Waals surface area (Å²) in [6.45, 7) is 25.5. The Kier molecular flexibility index (Phi) is 7.79. The Labute approximate surface area is 162 Å². The molecule has 0 unspecified atom stereocenters. The lowest BCUT2D eigenvalue weighted by Gasteiger charge is -2.48. The van der Waals surface area contributed by atoms with Gasteiger partial charge in [-0.25, -0.2) is 0 Å². The van der Waals surface area contributed by atoms with Gasteiger partial charge in [-0.05, 0) is 27.7 Å². The Morgan fingerprint density at radius 3 is 1.50 bits per heavy atom. The van der Waals surface area contributed by atoms with Gasteiger partial charge < -0.3 is 0 Å². The van der Waals surface area contributed by atoms with Gasteiger partial charge in [-0.2, -0.15) is 10.2 Å². The molecule has 0 N–H and O–H groups in total. The average molecular weight is 406 g/mol. The lowest BCUT2D eigenvalue weighted by molar-refractivity contribution is 0.291. The molecule has 0 atom stereocenters. The predicted octanol–water partition coefficient (Wildman–Crippen LogP) is 6.71. The van der Waals surface area contributed by atoms with Crippen molar-refractivity contribution in [2.24, 2.45) is 21.0 Å². The van der Waals surface area contributed by atoms with Crippen LogP contribution in [-0.2, 0) is 0 Å². The molecule has 0 aromatic carbocycles. The second-order valence-electron chi connectivity index (χ2n) is 11.3. The maximum atomic E-state index is 15.6. The third-order valence-corrected chi connectivity index (χ3v) is 11.4. The summed E-state index contributed by atoms with van der Waals surface area (Å²) in [4.78, 5) is 0. The zero-order chi connectivity index (χ0) is 21.4. The molecular weight excluding hydrogens is 364 g/mol. The highest BCUT2D eigenvalue weighted by Gasteiger charge is 2.55. The zero-order valence-corrected chi connectivity index (χ0v) is 21.3. The Morgan fingerprint density at radius 1 is 0.808 bits per heavy atom.